The van der Waals surface area contributed by atoms with Crippen LogP contribution >= 0.6 is 0 Å². The maximum absolute atomic E-state index is 11.6. The van der Waals surface area contributed by atoms with Gasteiger partial charge in [0.15, 0.2) is 11.6 Å². The van der Waals surface area contributed by atoms with Crippen molar-refractivity contribution in [3.05, 3.63) is 83.9 Å². The standard InChI is InChI=1S/C20H20O4/c21-19(15-23-13-17-7-3-1-4-8-17)11-12-20(22)16-24-14-18-9-5-2-6-10-18/h1-12H,13-16H2/b12-11+. The van der Waals surface area contributed by atoms with Crippen LogP contribution in [0.3, 0.4) is 0 Å². The number of rotatable bonds is 10. The van der Waals surface area contributed by atoms with Crippen LogP contribution in [0.15, 0.2) is 72.8 Å². The molecule has 0 radical (unpaired) electrons. The summed E-state index contributed by atoms with van der Waals surface area (Å²) in [5, 5.41) is 0. The van der Waals surface area contributed by atoms with E-state index >= 15 is 0 Å². The molecule has 0 bridgehead atoms. The Morgan fingerprint density at radius 1 is 0.667 bits per heavy atom. The van der Waals surface area contributed by atoms with Gasteiger partial charge in [-0.1, -0.05) is 60.7 Å². The van der Waals surface area contributed by atoms with Gasteiger partial charge in [0.2, 0.25) is 0 Å². The number of carbonyl (C=O) groups excluding carboxylic acids is 2. The number of benzene rings is 2. The molecule has 124 valence electrons. The molecule has 0 aliphatic carbocycles. The smallest absolute Gasteiger partial charge is 0.181 e. The highest BCUT2D eigenvalue weighted by molar-refractivity contribution is 5.99. The number of carbonyl (C=O) groups is 2. The van der Waals surface area contributed by atoms with Crippen molar-refractivity contribution in [1.82, 2.24) is 0 Å². The van der Waals surface area contributed by atoms with Gasteiger partial charge in [0, 0.05) is 0 Å². The third-order valence-electron chi connectivity index (χ3n) is 3.17. The van der Waals surface area contributed by atoms with Crippen molar-refractivity contribution in [2.24, 2.45) is 0 Å². The summed E-state index contributed by atoms with van der Waals surface area (Å²) < 4.78 is 10.6. The second kappa shape index (κ2) is 10.3. The highest BCUT2D eigenvalue weighted by Gasteiger charge is 2.01. The molecule has 24 heavy (non-hydrogen) atoms. The van der Waals surface area contributed by atoms with Crippen molar-refractivity contribution in [2.45, 2.75) is 13.2 Å². The lowest BCUT2D eigenvalue weighted by molar-refractivity contribution is -0.121. The van der Waals surface area contributed by atoms with E-state index in [1.165, 1.54) is 12.2 Å². The third-order valence-corrected chi connectivity index (χ3v) is 3.17. The van der Waals surface area contributed by atoms with Gasteiger partial charge in [0.05, 0.1) is 13.2 Å². The fraction of sp³-hybridized carbons (Fsp3) is 0.200. The molecule has 2 rings (SSSR count). The molecule has 0 atom stereocenters. The van der Waals surface area contributed by atoms with Crippen molar-refractivity contribution in [3.8, 4) is 0 Å². The molecule has 0 fully saturated rings. The largest absolute Gasteiger partial charge is 0.369 e. The Kier molecular flexibility index (Phi) is 7.60. The Bertz CT molecular complexity index is 603. The van der Waals surface area contributed by atoms with Crippen molar-refractivity contribution >= 4 is 11.6 Å². The molecule has 0 aliphatic rings. The summed E-state index contributed by atoms with van der Waals surface area (Å²) in [5.74, 6) is -0.496. The SMILES string of the molecule is O=C(/C=C/C(=O)COCc1ccccc1)COCc1ccccc1. The Morgan fingerprint density at radius 2 is 1.04 bits per heavy atom. The fourth-order valence-electron chi connectivity index (χ4n) is 1.97. The molecule has 0 saturated carbocycles. The molecule has 4 nitrogen and oxygen atoms in total. The number of hydrogen-bond donors (Lipinski definition) is 0. The summed E-state index contributed by atoms with van der Waals surface area (Å²) in [5.41, 5.74) is 2.00. The summed E-state index contributed by atoms with van der Waals surface area (Å²) in [7, 11) is 0. The van der Waals surface area contributed by atoms with E-state index in [-0.39, 0.29) is 24.8 Å². The molecule has 0 aromatic heterocycles. The number of ketones is 2. The van der Waals surface area contributed by atoms with Crippen LogP contribution in [0.1, 0.15) is 11.1 Å². The van der Waals surface area contributed by atoms with E-state index < -0.39 is 0 Å². The van der Waals surface area contributed by atoms with Gasteiger partial charge in [-0.2, -0.15) is 0 Å². The summed E-state index contributed by atoms with van der Waals surface area (Å²) in [4.78, 5) is 23.3. The molecule has 0 heterocycles. The average Bonchev–Trinajstić information content (AvgIpc) is 2.62. The first kappa shape index (κ1) is 17.8. The van der Waals surface area contributed by atoms with Crippen molar-refractivity contribution < 1.29 is 19.1 Å². The van der Waals surface area contributed by atoms with Crippen LogP contribution in [0.5, 0.6) is 0 Å². The molecule has 0 aliphatic heterocycles. The lowest BCUT2D eigenvalue weighted by atomic mass is 10.2. The van der Waals surface area contributed by atoms with E-state index in [1.54, 1.807) is 0 Å². The van der Waals surface area contributed by atoms with E-state index in [4.69, 9.17) is 9.47 Å². The normalized spacial score (nSPS) is 10.8. The second-order valence-electron chi connectivity index (χ2n) is 5.22. The minimum atomic E-state index is -0.248. The summed E-state index contributed by atoms with van der Waals surface area (Å²) >= 11 is 0. The van der Waals surface area contributed by atoms with Crippen molar-refractivity contribution in [2.75, 3.05) is 13.2 Å². The molecule has 0 N–H and O–H groups in total. The van der Waals surface area contributed by atoms with Gasteiger partial charge >= 0.3 is 0 Å². The lowest BCUT2D eigenvalue weighted by Gasteiger charge is -2.02. The highest BCUT2D eigenvalue weighted by atomic mass is 16.5. The van der Waals surface area contributed by atoms with E-state index in [0.29, 0.717) is 13.2 Å². The van der Waals surface area contributed by atoms with Crippen LogP contribution in [0.4, 0.5) is 0 Å². The topological polar surface area (TPSA) is 52.6 Å². The van der Waals surface area contributed by atoms with Gasteiger partial charge < -0.3 is 9.47 Å². The van der Waals surface area contributed by atoms with E-state index in [2.05, 4.69) is 0 Å². The van der Waals surface area contributed by atoms with E-state index in [1.807, 2.05) is 60.7 Å². The fourth-order valence-corrected chi connectivity index (χ4v) is 1.97. The van der Waals surface area contributed by atoms with E-state index in [9.17, 15) is 9.59 Å². The van der Waals surface area contributed by atoms with Crippen molar-refractivity contribution in [3.63, 3.8) is 0 Å². The molecule has 2 aromatic rings. The molecule has 2 aromatic carbocycles. The second-order valence-corrected chi connectivity index (χ2v) is 5.22. The maximum atomic E-state index is 11.6. The quantitative estimate of drug-likeness (QED) is 0.630. The molecule has 0 unspecified atom stereocenters. The van der Waals surface area contributed by atoms with E-state index in [0.717, 1.165) is 11.1 Å². The zero-order valence-electron chi connectivity index (χ0n) is 13.4. The zero-order valence-corrected chi connectivity index (χ0v) is 13.4. The minimum absolute atomic E-state index is 0.0520. The molecule has 0 saturated heterocycles. The Hall–Kier alpha value is -2.56. The summed E-state index contributed by atoms with van der Waals surface area (Å²) in [6.07, 6.45) is 2.47. The molecule has 0 spiro atoms. The van der Waals surface area contributed by atoms with Gasteiger partial charge in [-0.25, -0.2) is 0 Å². The predicted octanol–water partition coefficient (Wildman–Crippen LogP) is 3.11. The molecule has 0 amide bonds. The maximum Gasteiger partial charge on any atom is 0.181 e. The Morgan fingerprint density at radius 3 is 1.42 bits per heavy atom. The average molecular weight is 324 g/mol. The van der Waals surface area contributed by atoms with Gasteiger partial charge in [0.1, 0.15) is 13.2 Å². The summed E-state index contributed by atoms with van der Waals surface area (Å²) in [6, 6.07) is 19.2. The van der Waals surface area contributed by atoms with Gasteiger partial charge in [-0.15, -0.1) is 0 Å². The first-order valence-electron chi connectivity index (χ1n) is 7.71. The zero-order chi connectivity index (χ0) is 17.0. The minimum Gasteiger partial charge on any atom is -0.369 e. The van der Waals surface area contributed by atoms with Crippen LogP contribution in [0.2, 0.25) is 0 Å². The molecule has 4 heteroatoms. The van der Waals surface area contributed by atoms with Crippen molar-refractivity contribution in [1.29, 1.82) is 0 Å². The van der Waals surface area contributed by atoms with Crippen LogP contribution in [-0.4, -0.2) is 24.8 Å². The van der Waals surface area contributed by atoms with Crippen LogP contribution in [0.25, 0.3) is 0 Å². The van der Waals surface area contributed by atoms with Gasteiger partial charge in [-0.05, 0) is 23.3 Å². The number of ether oxygens (including phenoxy) is 2. The van der Waals surface area contributed by atoms with Gasteiger partial charge in [0.25, 0.3) is 0 Å². The van der Waals surface area contributed by atoms with Gasteiger partial charge in [-0.3, -0.25) is 9.59 Å². The molecular formula is C20H20O4. The van der Waals surface area contributed by atoms with Crippen LogP contribution in [-0.2, 0) is 32.3 Å². The number of hydrogen-bond acceptors (Lipinski definition) is 4. The first-order chi connectivity index (χ1) is 11.7. The highest BCUT2D eigenvalue weighted by Crippen LogP contribution is 2.01. The monoisotopic (exact) mass is 324 g/mol. The van der Waals surface area contributed by atoms with Crippen LogP contribution in [0, 0.1) is 0 Å². The van der Waals surface area contributed by atoms with Crippen LogP contribution < -0.4 is 0 Å². The predicted molar refractivity (Wildman–Crippen MR) is 91.4 cm³/mol. The first-order valence-corrected chi connectivity index (χ1v) is 7.71. The third kappa shape index (κ3) is 7.13. The Balaban J connectivity index is 1.61. The lowest BCUT2D eigenvalue weighted by Crippen LogP contribution is -2.09. The summed E-state index contributed by atoms with van der Waals surface area (Å²) in [6.45, 7) is 0.635. The molecular weight excluding hydrogens is 304 g/mol. The Labute approximate surface area is 141 Å².